The normalized spacial score (nSPS) is 13.9. The second-order valence-corrected chi connectivity index (χ2v) is 8.57. The molecule has 3 aromatic rings. The summed E-state index contributed by atoms with van der Waals surface area (Å²) in [5, 5.41) is 2.44. The Kier molecular flexibility index (Phi) is 6.98. The summed E-state index contributed by atoms with van der Waals surface area (Å²) < 4.78 is 11.9. The molecule has 3 aromatic carbocycles. The van der Waals surface area contributed by atoms with Gasteiger partial charge >= 0.3 is 0 Å². The maximum absolute atomic E-state index is 12.7. The largest absolute Gasteiger partial charge is 0.493 e. The Labute approximate surface area is 210 Å². The fraction of sp³-hybridized carbons (Fsp3) is 0.179. The van der Waals surface area contributed by atoms with Crippen LogP contribution in [0.4, 0.5) is 0 Å². The van der Waals surface area contributed by atoms with Gasteiger partial charge in [0.05, 0.1) is 7.11 Å². The van der Waals surface area contributed by atoms with Gasteiger partial charge in [0.1, 0.15) is 12.2 Å². The molecule has 4 rings (SSSR count). The fourth-order valence-electron chi connectivity index (χ4n) is 4.10. The van der Waals surface area contributed by atoms with Crippen molar-refractivity contribution in [3.63, 3.8) is 0 Å². The first-order chi connectivity index (χ1) is 16.8. The van der Waals surface area contributed by atoms with E-state index in [2.05, 4.69) is 24.8 Å². The molecule has 1 aliphatic heterocycles. The van der Waals surface area contributed by atoms with E-state index in [-0.39, 0.29) is 10.7 Å². The summed E-state index contributed by atoms with van der Waals surface area (Å²) in [5.41, 5.74) is 2.56. The molecule has 0 bridgehead atoms. The predicted molar refractivity (Wildman–Crippen MR) is 141 cm³/mol. The van der Waals surface area contributed by atoms with Crippen molar-refractivity contribution in [3.8, 4) is 11.5 Å². The third-order valence-electron chi connectivity index (χ3n) is 5.95. The zero-order chi connectivity index (χ0) is 25.1. The van der Waals surface area contributed by atoms with Crippen molar-refractivity contribution in [3.05, 3.63) is 89.5 Å². The van der Waals surface area contributed by atoms with E-state index in [0.29, 0.717) is 30.1 Å². The molecule has 1 saturated heterocycles. The molecule has 0 saturated carbocycles. The first-order valence-electron chi connectivity index (χ1n) is 11.1. The molecule has 0 aliphatic carbocycles. The van der Waals surface area contributed by atoms with Crippen LogP contribution in [-0.2, 0) is 22.6 Å². The standard InChI is InChI=1S/C28H26N2O4S/c1-5-9-20-14-18(15-23-26(31)29(2)28(35)30(3)27(23)32)16-24(33-4)25(20)34-17-21-12-8-11-19-10-6-7-13-22(19)21/h5-8,10-16H,1,9,17H2,2-4H3. The van der Waals surface area contributed by atoms with Crippen LogP contribution in [0.1, 0.15) is 16.7 Å². The van der Waals surface area contributed by atoms with E-state index in [1.165, 1.54) is 9.80 Å². The predicted octanol–water partition coefficient (Wildman–Crippen LogP) is 4.75. The summed E-state index contributed by atoms with van der Waals surface area (Å²) in [7, 11) is 4.66. The topological polar surface area (TPSA) is 59.1 Å². The van der Waals surface area contributed by atoms with Crippen LogP contribution >= 0.6 is 12.2 Å². The maximum atomic E-state index is 12.7. The van der Waals surface area contributed by atoms with Gasteiger partial charge in [0.15, 0.2) is 16.6 Å². The average molecular weight is 487 g/mol. The minimum Gasteiger partial charge on any atom is -0.493 e. The summed E-state index contributed by atoms with van der Waals surface area (Å²) in [6.07, 6.45) is 3.85. The molecule has 178 valence electrons. The number of carbonyl (C=O) groups excluding carboxylic acids is 2. The van der Waals surface area contributed by atoms with Gasteiger partial charge in [-0.2, -0.15) is 0 Å². The molecule has 0 spiro atoms. The number of carbonyl (C=O) groups is 2. The van der Waals surface area contributed by atoms with E-state index in [4.69, 9.17) is 21.7 Å². The van der Waals surface area contributed by atoms with Crippen LogP contribution in [0, 0.1) is 0 Å². The van der Waals surface area contributed by atoms with Crippen molar-refractivity contribution < 1.29 is 19.1 Å². The van der Waals surface area contributed by atoms with Gasteiger partial charge in [-0.15, -0.1) is 6.58 Å². The highest BCUT2D eigenvalue weighted by atomic mass is 32.1. The van der Waals surface area contributed by atoms with E-state index in [9.17, 15) is 9.59 Å². The third kappa shape index (κ3) is 4.68. The molecule has 0 atom stereocenters. The Balaban J connectivity index is 1.71. The molecule has 6 nitrogen and oxygen atoms in total. The van der Waals surface area contributed by atoms with Crippen molar-refractivity contribution in [2.24, 2.45) is 0 Å². The lowest BCUT2D eigenvalue weighted by atomic mass is 10.0. The van der Waals surface area contributed by atoms with Crippen LogP contribution in [0.5, 0.6) is 11.5 Å². The van der Waals surface area contributed by atoms with Crippen LogP contribution in [0.3, 0.4) is 0 Å². The number of methoxy groups -OCH3 is 1. The number of likely N-dealkylation sites (N-methyl/N-ethyl adjacent to an activating group) is 2. The molecule has 0 unspecified atom stereocenters. The van der Waals surface area contributed by atoms with Crippen LogP contribution in [0.25, 0.3) is 16.8 Å². The smallest absolute Gasteiger partial charge is 0.265 e. The Morgan fingerprint density at radius 3 is 2.34 bits per heavy atom. The number of nitrogens with zero attached hydrogens (tertiary/aromatic N) is 2. The molecule has 2 amide bonds. The third-order valence-corrected chi connectivity index (χ3v) is 6.49. The summed E-state index contributed by atoms with van der Waals surface area (Å²) in [6.45, 7) is 4.22. The van der Waals surface area contributed by atoms with Gasteiger partial charge in [0.2, 0.25) is 0 Å². The quantitative estimate of drug-likeness (QED) is 0.209. The number of fused-ring (bicyclic) bond motifs is 1. The van der Waals surface area contributed by atoms with Crippen molar-refractivity contribution in [1.82, 2.24) is 9.80 Å². The van der Waals surface area contributed by atoms with Gasteiger partial charge in [-0.1, -0.05) is 48.5 Å². The lowest BCUT2D eigenvalue weighted by Crippen LogP contribution is -2.52. The molecular formula is C28H26N2O4S. The fourth-order valence-corrected chi connectivity index (χ4v) is 4.27. The van der Waals surface area contributed by atoms with Gasteiger partial charge in [0.25, 0.3) is 11.8 Å². The number of thiocarbonyl (C=S) groups is 1. The Bertz CT molecular complexity index is 1350. The summed E-state index contributed by atoms with van der Waals surface area (Å²) in [5.74, 6) is 0.209. The lowest BCUT2D eigenvalue weighted by molar-refractivity contribution is -0.132. The van der Waals surface area contributed by atoms with E-state index in [0.717, 1.165) is 21.9 Å². The number of hydrogen-bond donors (Lipinski definition) is 0. The molecule has 35 heavy (non-hydrogen) atoms. The first kappa shape index (κ1) is 24.2. The van der Waals surface area contributed by atoms with Gasteiger partial charge < -0.3 is 9.47 Å². The zero-order valence-electron chi connectivity index (χ0n) is 19.9. The zero-order valence-corrected chi connectivity index (χ0v) is 20.7. The van der Waals surface area contributed by atoms with Gasteiger partial charge in [-0.3, -0.25) is 19.4 Å². The van der Waals surface area contributed by atoms with Crippen molar-refractivity contribution >= 4 is 46.0 Å². The number of hydrogen-bond acceptors (Lipinski definition) is 5. The average Bonchev–Trinajstić information content (AvgIpc) is 2.88. The highest BCUT2D eigenvalue weighted by molar-refractivity contribution is 7.80. The number of rotatable bonds is 7. The number of amides is 2. The summed E-state index contributed by atoms with van der Waals surface area (Å²) >= 11 is 5.17. The van der Waals surface area contributed by atoms with E-state index in [1.54, 1.807) is 39.4 Å². The first-order valence-corrected chi connectivity index (χ1v) is 11.5. The maximum Gasteiger partial charge on any atom is 0.265 e. The van der Waals surface area contributed by atoms with Crippen LogP contribution < -0.4 is 9.47 Å². The van der Waals surface area contributed by atoms with Gasteiger partial charge in [0, 0.05) is 19.7 Å². The minimum absolute atomic E-state index is 0.0274. The summed E-state index contributed by atoms with van der Waals surface area (Å²) in [6, 6.07) is 17.9. The Hall–Kier alpha value is -3.97. The highest BCUT2D eigenvalue weighted by Gasteiger charge is 2.35. The molecule has 1 aliphatic rings. The van der Waals surface area contributed by atoms with Gasteiger partial charge in [-0.05, 0) is 58.7 Å². The van der Waals surface area contributed by atoms with Crippen LogP contribution in [0.15, 0.2) is 72.8 Å². The monoisotopic (exact) mass is 486 g/mol. The Morgan fingerprint density at radius 2 is 1.66 bits per heavy atom. The molecule has 1 heterocycles. The van der Waals surface area contributed by atoms with Crippen LogP contribution in [-0.4, -0.2) is 47.9 Å². The second kappa shape index (κ2) is 10.1. The number of benzene rings is 3. The van der Waals surface area contributed by atoms with E-state index >= 15 is 0 Å². The summed E-state index contributed by atoms with van der Waals surface area (Å²) in [4.78, 5) is 28.1. The van der Waals surface area contributed by atoms with E-state index < -0.39 is 11.8 Å². The molecule has 0 N–H and O–H groups in total. The molecular weight excluding hydrogens is 460 g/mol. The van der Waals surface area contributed by atoms with Gasteiger partial charge in [-0.25, -0.2) is 0 Å². The second-order valence-electron chi connectivity index (χ2n) is 8.20. The number of ether oxygens (including phenoxy) is 2. The molecule has 1 fully saturated rings. The minimum atomic E-state index is -0.446. The Morgan fingerprint density at radius 1 is 0.971 bits per heavy atom. The van der Waals surface area contributed by atoms with Crippen LogP contribution in [0.2, 0.25) is 0 Å². The van der Waals surface area contributed by atoms with Crippen molar-refractivity contribution in [2.75, 3.05) is 21.2 Å². The number of allylic oxidation sites excluding steroid dienone is 1. The highest BCUT2D eigenvalue weighted by Crippen LogP contribution is 2.36. The van der Waals surface area contributed by atoms with Crippen molar-refractivity contribution in [1.29, 1.82) is 0 Å². The lowest BCUT2D eigenvalue weighted by Gasteiger charge is -2.31. The molecule has 0 aromatic heterocycles. The molecule has 0 radical (unpaired) electrons. The van der Waals surface area contributed by atoms with E-state index in [1.807, 2.05) is 30.3 Å². The SMILES string of the molecule is C=CCc1cc(C=C2C(=O)N(C)C(=S)N(C)C2=O)cc(OC)c1OCc1cccc2ccccc12. The van der Waals surface area contributed by atoms with Crippen molar-refractivity contribution in [2.45, 2.75) is 13.0 Å². The molecule has 7 heteroatoms.